The molecular weight excluding hydrogens is 198 g/mol. The molecule has 16 heavy (non-hydrogen) atoms. The topological polar surface area (TPSA) is 28.2 Å². The van der Waals surface area contributed by atoms with Crippen molar-refractivity contribution in [2.24, 2.45) is 0 Å². The van der Waals surface area contributed by atoms with Gasteiger partial charge in [0.1, 0.15) is 5.82 Å². The number of nitrogens with zero attached hydrogens (tertiary/aromatic N) is 2. The van der Waals surface area contributed by atoms with Crippen LogP contribution < -0.4 is 10.2 Å². The summed E-state index contributed by atoms with van der Waals surface area (Å²) in [6, 6.07) is 6.72. The summed E-state index contributed by atoms with van der Waals surface area (Å²) in [4.78, 5) is 6.59. The van der Waals surface area contributed by atoms with Crippen molar-refractivity contribution in [3.63, 3.8) is 0 Å². The van der Waals surface area contributed by atoms with E-state index in [1.54, 1.807) is 0 Å². The van der Waals surface area contributed by atoms with E-state index < -0.39 is 0 Å². The third kappa shape index (κ3) is 4.19. The minimum Gasteiger partial charge on any atom is -0.363 e. The molecule has 1 heterocycles. The summed E-state index contributed by atoms with van der Waals surface area (Å²) >= 11 is 0. The van der Waals surface area contributed by atoms with Crippen molar-refractivity contribution in [3.8, 4) is 0 Å². The number of hydrogen-bond acceptors (Lipinski definition) is 3. The standard InChI is InChI=1S/C13H23N3/c1-5-7-11(2)14-10-12-8-6-9-13(15-12)16(3)4/h6,8-9,11,14H,5,7,10H2,1-4H3. The summed E-state index contributed by atoms with van der Waals surface area (Å²) < 4.78 is 0. The van der Waals surface area contributed by atoms with Gasteiger partial charge in [0.15, 0.2) is 0 Å². The molecule has 3 heteroatoms. The van der Waals surface area contributed by atoms with Crippen LogP contribution in [0.25, 0.3) is 0 Å². The quantitative estimate of drug-likeness (QED) is 0.799. The van der Waals surface area contributed by atoms with Gasteiger partial charge in [0, 0.05) is 26.7 Å². The van der Waals surface area contributed by atoms with Gasteiger partial charge in [-0.1, -0.05) is 19.4 Å². The molecule has 0 radical (unpaired) electrons. The lowest BCUT2D eigenvalue weighted by molar-refractivity contribution is 0.504. The van der Waals surface area contributed by atoms with Crippen LogP contribution in [-0.2, 0) is 6.54 Å². The monoisotopic (exact) mass is 221 g/mol. The van der Waals surface area contributed by atoms with E-state index in [1.165, 1.54) is 12.8 Å². The van der Waals surface area contributed by atoms with Crippen molar-refractivity contribution in [3.05, 3.63) is 23.9 Å². The van der Waals surface area contributed by atoms with Crippen LogP contribution in [0.1, 0.15) is 32.4 Å². The molecule has 0 saturated carbocycles. The van der Waals surface area contributed by atoms with E-state index in [0.29, 0.717) is 6.04 Å². The largest absolute Gasteiger partial charge is 0.363 e. The van der Waals surface area contributed by atoms with E-state index in [0.717, 1.165) is 18.1 Å². The summed E-state index contributed by atoms with van der Waals surface area (Å²) in [7, 11) is 4.03. The number of pyridine rings is 1. The minimum absolute atomic E-state index is 0.565. The van der Waals surface area contributed by atoms with E-state index >= 15 is 0 Å². The summed E-state index contributed by atoms with van der Waals surface area (Å²) in [5.41, 5.74) is 1.11. The first-order valence-electron chi connectivity index (χ1n) is 6.00. The number of hydrogen-bond donors (Lipinski definition) is 1. The highest BCUT2D eigenvalue weighted by molar-refractivity contribution is 5.36. The van der Waals surface area contributed by atoms with E-state index in [-0.39, 0.29) is 0 Å². The Morgan fingerprint density at radius 3 is 2.75 bits per heavy atom. The molecule has 1 N–H and O–H groups in total. The average molecular weight is 221 g/mol. The van der Waals surface area contributed by atoms with E-state index in [9.17, 15) is 0 Å². The van der Waals surface area contributed by atoms with Crippen LogP contribution in [0.2, 0.25) is 0 Å². The third-order valence-electron chi connectivity index (χ3n) is 2.60. The number of nitrogens with one attached hydrogen (secondary N) is 1. The van der Waals surface area contributed by atoms with Gasteiger partial charge in [-0.3, -0.25) is 0 Å². The maximum Gasteiger partial charge on any atom is 0.128 e. The molecule has 0 amide bonds. The molecule has 3 nitrogen and oxygen atoms in total. The molecule has 0 saturated heterocycles. The highest BCUT2D eigenvalue weighted by Gasteiger charge is 2.02. The van der Waals surface area contributed by atoms with E-state index in [1.807, 2.05) is 25.1 Å². The normalized spacial score (nSPS) is 12.5. The first-order valence-corrected chi connectivity index (χ1v) is 6.00. The first-order chi connectivity index (χ1) is 7.63. The summed E-state index contributed by atoms with van der Waals surface area (Å²) in [6.07, 6.45) is 2.44. The Hall–Kier alpha value is -1.09. The SMILES string of the molecule is CCCC(C)NCc1cccc(N(C)C)n1. The maximum atomic E-state index is 4.57. The highest BCUT2D eigenvalue weighted by Crippen LogP contribution is 2.08. The summed E-state index contributed by atoms with van der Waals surface area (Å²) in [5.74, 6) is 1.02. The smallest absolute Gasteiger partial charge is 0.128 e. The fraction of sp³-hybridized carbons (Fsp3) is 0.615. The van der Waals surface area contributed by atoms with E-state index in [4.69, 9.17) is 0 Å². The second-order valence-corrected chi connectivity index (χ2v) is 4.45. The predicted octanol–water partition coefficient (Wildman–Crippen LogP) is 2.43. The van der Waals surface area contributed by atoms with Gasteiger partial charge in [0.05, 0.1) is 5.69 Å². The second kappa shape index (κ2) is 6.48. The fourth-order valence-electron chi connectivity index (χ4n) is 1.63. The molecule has 0 bridgehead atoms. The molecule has 1 aromatic rings. The van der Waals surface area contributed by atoms with Gasteiger partial charge in [0.25, 0.3) is 0 Å². The lowest BCUT2D eigenvalue weighted by atomic mass is 10.2. The maximum absolute atomic E-state index is 4.57. The van der Waals surface area contributed by atoms with Crippen LogP contribution in [0.4, 0.5) is 5.82 Å². The van der Waals surface area contributed by atoms with Crippen molar-refractivity contribution >= 4 is 5.82 Å². The van der Waals surface area contributed by atoms with Crippen molar-refractivity contribution < 1.29 is 0 Å². The third-order valence-corrected chi connectivity index (χ3v) is 2.60. The molecular formula is C13H23N3. The van der Waals surface area contributed by atoms with Crippen molar-refractivity contribution in [1.29, 1.82) is 0 Å². The molecule has 0 fully saturated rings. The summed E-state index contributed by atoms with van der Waals surface area (Å²) in [6.45, 7) is 5.28. The first kappa shape index (κ1) is 13.0. The van der Waals surface area contributed by atoms with Crippen LogP contribution in [0, 0.1) is 0 Å². The Balaban J connectivity index is 2.50. The molecule has 0 aliphatic heterocycles. The van der Waals surface area contributed by atoms with E-state index in [2.05, 4.69) is 36.3 Å². The Morgan fingerprint density at radius 2 is 2.12 bits per heavy atom. The van der Waals surface area contributed by atoms with Crippen LogP contribution in [0.3, 0.4) is 0 Å². The molecule has 0 aliphatic carbocycles. The van der Waals surface area contributed by atoms with Crippen molar-refractivity contribution in [2.45, 2.75) is 39.3 Å². The summed E-state index contributed by atoms with van der Waals surface area (Å²) in [5, 5.41) is 3.48. The zero-order valence-corrected chi connectivity index (χ0v) is 10.8. The highest BCUT2D eigenvalue weighted by atomic mass is 15.1. The van der Waals surface area contributed by atoms with Gasteiger partial charge in [-0.2, -0.15) is 0 Å². The molecule has 1 rings (SSSR count). The number of aromatic nitrogens is 1. The Kier molecular flexibility index (Phi) is 5.26. The molecule has 90 valence electrons. The van der Waals surface area contributed by atoms with Crippen molar-refractivity contribution in [2.75, 3.05) is 19.0 Å². The van der Waals surface area contributed by atoms with Crippen LogP contribution in [0.5, 0.6) is 0 Å². The Bertz CT molecular complexity index is 310. The molecule has 0 spiro atoms. The van der Waals surface area contributed by atoms with Gasteiger partial charge >= 0.3 is 0 Å². The molecule has 1 unspecified atom stereocenters. The van der Waals surface area contributed by atoms with Gasteiger partial charge in [-0.05, 0) is 25.5 Å². The van der Waals surface area contributed by atoms with Gasteiger partial charge in [-0.15, -0.1) is 0 Å². The average Bonchev–Trinajstić information content (AvgIpc) is 2.27. The lowest BCUT2D eigenvalue weighted by Gasteiger charge is -2.15. The lowest BCUT2D eigenvalue weighted by Crippen LogP contribution is -2.25. The van der Waals surface area contributed by atoms with Gasteiger partial charge in [-0.25, -0.2) is 4.98 Å². The van der Waals surface area contributed by atoms with Crippen LogP contribution in [-0.4, -0.2) is 25.1 Å². The second-order valence-electron chi connectivity index (χ2n) is 4.45. The molecule has 1 aromatic heterocycles. The van der Waals surface area contributed by atoms with Crippen LogP contribution in [0.15, 0.2) is 18.2 Å². The zero-order chi connectivity index (χ0) is 12.0. The Labute approximate surface area is 98.9 Å². The van der Waals surface area contributed by atoms with Crippen molar-refractivity contribution in [1.82, 2.24) is 10.3 Å². The van der Waals surface area contributed by atoms with Gasteiger partial charge in [0.2, 0.25) is 0 Å². The van der Waals surface area contributed by atoms with Gasteiger partial charge < -0.3 is 10.2 Å². The number of anilines is 1. The van der Waals surface area contributed by atoms with Crippen LogP contribution >= 0.6 is 0 Å². The number of rotatable bonds is 6. The minimum atomic E-state index is 0.565. The fourth-order valence-corrected chi connectivity index (χ4v) is 1.63. The Morgan fingerprint density at radius 1 is 1.38 bits per heavy atom. The molecule has 0 aromatic carbocycles. The zero-order valence-electron chi connectivity index (χ0n) is 10.8. The molecule has 1 atom stereocenters. The predicted molar refractivity (Wildman–Crippen MR) is 69.8 cm³/mol. The molecule has 0 aliphatic rings.